The first kappa shape index (κ1) is 50.2. The number of anilines is 2. The Bertz CT molecular complexity index is 3220. The predicted molar refractivity (Wildman–Crippen MR) is 262 cm³/mol. The van der Waals surface area contributed by atoms with E-state index in [1.165, 1.54) is 41.3 Å². The predicted octanol–water partition coefficient (Wildman–Crippen LogP) is 7.21. The maximum atomic E-state index is 16.4. The number of hydrogen-bond acceptors (Lipinski definition) is 10. The van der Waals surface area contributed by atoms with Gasteiger partial charge >= 0.3 is 6.18 Å². The van der Waals surface area contributed by atoms with Crippen molar-refractivity contribution < 1.29 is 50.0 Å². The molecule has 14 nitrogen and oxygen atoms in total. The number of sulfone groups is 1. The number of aromatic nitrogens is 1. The molecule has 1 aliphatic carbocycles. The highest BCUT2D eigenvalue weighted by molar-refractivity contribution is 7.90. The molecule has 10 rings (SSSR count). The normalized spacial score (nSPS) is 25.2. The number of halogens is 5. The number of hydrogen-bond donors (Lipinski definition) is 4. The van der Waals surface area contributed by atoms with Gasteiger partial charge in [0.25, 0.3) is 11.8 Å². The minimum absolute atomic E-state index is 0.00363. The fourth-order valence-electron chi connectivity index (χ4n) is 11.9. The van der Waals surface area contributed by atoms with Crippen molar-refractivity contribution in [2.24, 2.45) is 16.7 Å². The second-order valence-corrected chi connectivity index (χ2v) is 23.9. The van der Waals surface area contributed by atoms with Gasteiger partial charge in [-0.15, -0.1) is 0 Å². The summed E-state index contributed by atoms with van der Waals surface area (Å²) in [5.41, 5.74) is -0.515. The van der Waals surface area contributed by atoms with E-state index in [1.807, 2.05) is 26.8 Å². The minimum Gasteiger partial charge on any atom is -0.384 e. The number of pyridine rings is 1. The molecule has 73 heavy (non-hydrogen) atoms. The Labute approximate surface area is 424 Å². The first-order valence-electron chi connectivity index (χ1n) is 24.1. The van der Waals surface area contributed by atoms with E-state index in [-0.39, 0.29) is 81.5 Å². The lowest BCUT2D eigenvalue weighted by Gasteiger charge is -2.39. The van der Waals surface area contributed by atoms with Gasteiger partial charge in [0.1, 0.15) is 17.6 Å². The van der Waals surface area contributed by atoms with Gasteiger partial charge in [-0.1, -0.05) is 62.4 Å². The summed E-state index contributed by atoms with van der Waals surface area (Å²) in [5, 5.41) is 11.4. The SMILES string of the molecule is CC(C)(C)C[C@@H]1N[C@@H](C(=O)Nc2ccc(C(=O)N3CCC4(CC3)C[C@@H]4C#Cc3cccc4c3CN(C3CCC(=O)NC3=O)C4=O)cc2S(C)(=O)=O)[C@H](c2cccc(Cl)c2F)[C@]12CNc1cc(C(F)(F)F)ncc12. The van der Waals surface area contributed by atoms with Crippen molar-refractivity contribution in [3.63, 3.8) is 0 Å². The van der Waals surface area contributed by atoms with Gasteiger partial charge in [-0.2, -0.15) is 13.2 Å². The van der Waals surface area contributed by atoms with Crippen LogP contribution in [0.2, 0.25) is 5.02 Å². The standard InChI is InChI=1S/C53H52ClF4N7O7S/c1-50(2,3)24-41-52(27-60-37-22-40(53(56,57)58)59-25-34(37)52)43(32-9-6-10-35(54)44(32)55)45(62-41)47(68)61-36-14-12-29(21-39(36)73(4,71)72)48(69)64-19-17-51(18-20-64)23-30(51)13-11-28-7-5-8-31-33(28)26-65(49(31)70)38-15-16-42(66)63-46(38)67/h5-10,12,14,21-22,25,30,38,41,43,45,60,62H,15-20,23-24,26-27H2,1-4H3,(H,61,68)(H,63,66,67)/t30-,38?,41-,43-,45+,52-/m0/s1. The van der Waals surface area contributed by atoms with Crippen molar-refractivity contribution in [2.45, 2.75) is 106 Å². The Morgan fingerprint density at radius 1 is 1.01 bits per heavy atom. The number of imide groups is 1. The largest absolute Gasteiger partial charge is 0.433 e. The fraction of sp³-hybridized carbons (Fsp3) is 0.434. The van der Waals surface area contributed by atoms with E-state index >= 15 is 4.39 Å². The van der Waals surface area contributed by atoms with Gasteiger partial charge in [0.15, 0.2) is 9.84 Å². The summed E-state index contributed by atoms with van der Waals surface area (Å²) >= 11 is 6.35. The number of amides is 5. The molecule has 4 N–H and O–H groups in total. The molecular formula is C53H52ClF4N7O7S. The van der Waals surface area contributed by atoms with Crippen LogP contribution in [0.1, 0.15) is 114 Å². The first-order valence-corrected chi connectivity index (χ1v) is 26.4. The molecule has 6 aliphatic rings. The van der Waals surface area contributed by atoms with Crippen molar-refractivity contribution in [3.05, 3.63) is 117 Å². The van der Waals surface area contributed by atoms with Gasteiger partial charge in [-0.3, -0.25) is 34.3 Å². The first-order chi connectivity index (χ1) is 34.4. The number of fused-ring (bicyclic) bond motifs is 3. The maximum Gasteiger partial charge on any atom is 0.433 e. The smallest absolute Gasteiger partial charge is 0.384 e. The Hall–Kier alpha value is -6.36. The summed E-state index contributed by atoms with van der Waals surface area (Å²) in [6.07, 6.45) is 0.248. The van der Waals surface area contributed by atoms with E-state index in [1.54, 1.807) is 17.0 Å². The number of nitrogens with one attached hydrogen (secondary N) is 4. The molecule has 5 amide bonds. The van der Waals surface area contributed by atoms with Crippen molar-refractivity contribution in [3.8, 4) is 11.8 Å². The molecule has 1 aromatic heterocycles. The molecule has 6 atom stereocenters. The fourth-order valence-corrected chi connectivity index (χ4v) is 13.0. The van der Waals surface area contributed by atoms with E-state index in [0.717, 1.165) is 30.5 Å². The topological polar surface area (TPSA) is 187 Å². The molecule has 0 radical (unpaired) electrons. The highest BCUT2D eigenvalue weighted by Gasteiger charge is 2.62. The lowest BCUT2D eigenvalue weighted by molar-refractivity contribution is -0.141. The molecule has 1 unspecified atom stereocenters. The van der Waals surface area contributed by atoms with Gasteiger partial charge in [0.2, 0.25) is 17.7 Å². The summed E-state index contributed by atoms with van der Waals surface area (Å²) in [7, 11) is -4.11. The average Bonchev–Trinajstić information content (AvgIpc) is 3.53. The zero-order valence-electron chi connectivity index (χ0n) is 40.3. The van der Waals surface area contributed by atoms with Crippen LogP contribution in [-0.2, 0) is 42.4 Å². The summed E-state index contributed by atoms with van der Waals surface area (Å²) in [6, 6.07) is 11.9. The van der Waals surface area contributed by atoms with Crippen LogP contribution in [0.3, 0.4) is 0 Å². The molecule has 2 spiro atoms. The Balaban J connectivity index is 0.867. The molecular weight excluding hydrogens is 990 g/mol. The average molecular weight is 1040 g/mol. The van der Waals surface area contributed by atoms with Crippen LogP contribution >= 0.6 is 11.6 Å². The molecule has 0 bridgehead atoms. The number of benzene rings is 3. The maximum absolute atomic E-state index is 16.4. The summed E-state index contributed by atoms with van der Waals surface area (Å²) in [4.78, 5) is 73.2. The Morgan fingerprint density at radius 3 is 2.45 bits per heavy atom. The number of carbonyl (C=O) groups excluding carboxylic acids is 5. The van der Waals surface area contributed by atoms with Gasteiger partial charge < -0.3 is 25.8 Å². The van der Waals surface area contributed by atoms with Crippen LogP contribution in [0.4, 0.5) is 28.9 Å². The number of nitrogens with zero attached hydrogens (tertiary/aromatic N) is 3. The van der Waals surface area contributed by atoms with Gasteiger partial charge in [-0.05, 0) is 96.5 Å². The highest BCUT2D eigenvalue weighted by Crippen LogP contribution is 2.60. The summed E-state index contributed by atoms with van der Waals surface area (Å²) in [5.74, 6) is 2.55. The van der Waals surface area contributed by atoms with E-state index in [2.05, 4.69) is 38.1 Å². The third-order valence-corrected chi connectivity index (χ3v) is 17.1. The highest BCUT2D eigenvalue weighted by atomic mass is 35.5. The third kappa shape index (κ3) is 9.02. The lowest BCUT2D eigenvalue weighted by atomic mass is 9.63. The number of alkyl halides is 3. The summed E-state index contributed by atoms with van der Waals surface area (Å²) < 4.78 is 85.1. The second kappa shape index (κ2) is 17.9. The van der Waals surface area contributed by atoms with E-state index in [9.17, 15) is 45.6 Å². The molecule has 20 heteroatoms. The Morgan fingerprint density at radius 2 is 1.75 bits per heavy atom. The third-order valence-electron chi connectivity index (χ3n) is 15.7. The molecule has 3 aromatic carbocycles. The van der Waals surface area contributed by atoms with Crippen LogP contribution in [0, 0.1) is 34.4 Å². The monoisotopic (exact) mass is 1040 g/mol. The van der Waals surface area contributed by atoms with Gasteiger partial charge in [0.05, 0.1) is 21.6 Å². The van der Waals surface area contributed by atoms with Crippen molar-refractivity contribution in [2.75, 3.05) is 36.5 Å². The van der Waals surface area contributed by atoms with E-state index in [0.29, 0.717) is 49.0 Å². The number of rotatable bonds is 7. The molecule has 4 aromatic rings. The zero-order valence-corrected chi connectivity index (χ0v) is 41.9. The van der Waals surface area contributed by atoms with Crippen LogP contribution < -0.4 is 21.3 Å². The van der Waals surface area contributed by atoms with Gasteiger partial charge in [-0.25, -0.2) is 12.8 Å². The van der Waals surface area contributed by atoms with Crippen LogP contribution in [0.5, 0.6) is 0 Å². The molecule has 5 aliphatic heterocycles. The number of piperidine rings is 2. The quantitative estimate of drug-likeness (QED) is 0.0837. The molecule has 4 fully saturated rings. The molecule has 6 heterocycles. The number of likely N-dealkylation sites (tertiary alicyclic amines) is 1. The van der Waals surface area contributed by atoms with Crippen LogP contribution in [0.25, 0.3) is 0 Å². The van der Waals surface area contributed by atoms with Crippen molar-refractivity contribution in [1.29, 1.82) is 0 Å². The van der Waals surface area contributed by atoms with E-state index < -0.39 is 80.1 Å². The van der Waals surface area contributed by atoms with Crippen LogP contribution in [0.15, 0.2) is 71.8 Å². The van der Waals surface area contributed by atoms with Crippen LogP contribution in [-0.4, -0.2) is 96.8 Å². The van der Waals surface area contributed by atoms with Crippen molar-refractivity contribution in [1.82, 2.24) is 25.4 Å². The van der Waals surface area contributed by atoms with Crippen molar-refractivity contribution >= 4 is 62.3 Å². The van der Waals surface area contributed by atoms with E-state index in [4.69, 9.17) is 11.6 Å². The summed E-state index contributed by atoms with van der Waals surface area (Å²) in [6.45, 7) is 6.88. The molecule has 3 saturated heterocycles. The molecule has 382 valence electrons. The van der Waals surface area contributed by atoms with Gasteiger partial charge in [0, 0.05) is 96.3 Å². The molecule has 1 saturated carbocycles. The lowest BCUT2D eigenvalue weighted by Crippen LogP contribution is -2.52. The Kier molecular flexibility index (Phi) is 12.3. The minimum atomic E-state index is -4.75. The second-order valence-electron chi connectivity index (χ2n) is 21.5. The zero-order chi connectivity index (χ0) is 52.2. The number of carbonyl (C=O) groups is 5.